The van der Waals surface area contributed by atoms with Crippen molar-refractivity contribution >= 4 is 17.5 Å². The van der Waals surface area contributed by atoms with E-state index in [4.69, 9.17) is 10.8 Å². The maximum absolute atomic E-state index is 11.0. The van der Waals surface area contributed by atoms with Gasteiger partial charge in [-0.05, 0) is 44.5 Å². The van der Waals surface area contributed by atoms with E-state index in [1.807, 2.05) is 0 Å². The molecule has 0 radical (unpaired) electrons. The fourth-order valence-corrected chi connectivity index (χ4v) is 3.17. The van der Waals surface area contributed by atoms with Crippen molar-refractivity contribution in [3.05, 3.63) is 17.8 Å². The third kappa shape index (κ3) is 2.43. The molecule has 2 aliphatic heterocycles. The number of carbonyl (C=O) groups is 1. The zero-order valence-corrected chi connectivity index (χ0v) is 11.5. The molecule has 3 rings (SSSR count). The lowest BCUT2D eigenvalue weighted by molar-refractivity contribution is 0.0690. The number of carboxylic acid groups (broad SMARTS) is 1. The molecule has 0 saturated carbocycles. The first-order valence-corrected chi connectivity index (χ1v) is 7.14. The van der Waals surface area contributed by atoms with Crippen LogP contribution >= 0.6 is 0 Å². The van der Waals surface area contributed by atoms with E-state index in [1.165, 1.54) is 32.0 Å². The highest BCUT2D eigenvalue weighted by Gasteiger charge is 2.30. The van der Waals surface area contributed by atoms with Gasteiger partial charge < -0.3 is 15.7 Å². The molecule has 2 saturated heterocycles. The topological polar surface area (TPSA) is 82.7 Å². The average molecular weight is 276 g/mol. The number of rotatable bonds is 3. The Bertz CT molecular complexity index is 514. The Morgan fingerprint density at radius 2 is 2.05 bits per heavy atom. The molecular weight excluding hydrogens is 256 g/mol. The van der Waals surface area contributed by atoms with E-state index in [-0.39, 0.29) is 5.69 Å². The van der Waals surface area contributed by atoms with E-state index in [9.17, 15) is 4.79 Å². The number of nitrogen functional groups attached to an aromatic ring is 1. The molecule has 0 bridgehead atoms. The number of nitrogens with two attached hydrogens (primary N) is 1. The Labute approximate surface area is 118 Å². The van der Waals surface area contributed by atoms with Gasteiger partial charge in [0.25, 0.3) is 0 Å². The first kappa shape index (κ1) is 13.2. The van der Waals surface area contributed by atoms with Crippen LogP contribution in [0.15, 0.2) is 12.1 Å². The molecule has 0 aliphatic carbocycles. The number of likely N-dealkylation sites (tertiary alicyclic amines) is 1. The minimum Gasteiger partial charge on any atom is -0.477 e. The molecule has 1 atom stereocenters. The quantitative estimate of drug-likeness (QED) is 0.858. The second-order valence-electron chi connectivity index (χ2n) is 5.55. The summed E-state index contributed by atoms with van der Waals surface area (Å²) >= 11 is 0. The molecule has 2 fully saturated rings. The predicted molar refractivity (Wildman–Crippen MR) is 77.0 cm³/mol. The third-order valence-electron chi connectivity index (χ3n) is 4.24. The molecule has 108 valence electrons. The van der Waals surface area contributed by atoms with Gasteiger partial charge in [0.2, 0.25) is 0 Å². The van der Waals surface area contributed by atoms with Crippen LogP contribution < -0.4 is 10.6 Å². The number of hydrogen-bond acceptors (Lipinski definition) is 5. The molecule has 3 N–H and O–H groups in total. The van der Waals surface area contributed by atoms with Gasteiger partial charge in [-0.3, -0.25) is 4.90 Å². The van der Waals surface area contributed by atoms with Crippen molar-refractivity contribution in [3.8, 4) is 0 Å². The molecule has 0 aromatic carbocycles. The maximum atomic E-state index is 11.0. The van der Waals surface area contributed by atoms with Gasteiger partial charge >= 0.3 is 5.97 Å². The van der Waals surface area contributed by atoms with Crippen LogP contribution in [0.25, 0.3) is 0 Å². The highest BCUT2D eigenvalue weighted by molar-refractivity contribution is 5.87. The van der Waals surface area contributed by atoms with Crippen LogP contribution in [0.4, 0.5) is 11.5 Å². The largest absolute Gasteiger partial charge is 0.477 e. The van der Waals surface area contributed by atoms with E-state index < -0.39 is 5.97 Å². The lowest BCUT2D eigenvalue weighted by atomic mass is 10.2. The molecule has 1 unspecified atom stereocenters. The minimum absolute atomic E-state index is 0.0545. The van der Waals surface area contributed by atoms with Gasteiger partial charge in [0, 0.05) is 19.1 Å². The minimum atomic E-state index is -1.01. The molecule has 0 amide bonds. The zero-order valence-electron chi connectivity index (χ0n) is 11.5. The van der Waals surface area contributed by atoms with Gasteiger partial charge in [0.1, 0.15) is 0 Å². The number of hydrogen-bond donors (Lipinski definition) is 2. The summed E-state index contributed by atoms with van der Waals surface area (Å²) in [5.74, 6) is -0.395. The Morgan fingerprint density at radius 1 is 1.30 bits per heavy atom. The van der Waals surface area contributed by atoms with Gasteiger partial charge in [-0.2, -0.15) is 0 Å². The summed E-state index contributed by atoms with van der Waals surface area (Å²) < 4.78 is 0. The zero-order chi connectivity index (χ0) is 14.1. The fourth-order valence-electron chi connectivity index (χ4n) is 3.17. The van der Waals surface area contributed by atoms with Gasteiger partial charge in [0.15, 0.2) is 11.5 Å². The Hall–Kier alpha value is -1.82. The fraction of sp³-hybridized carbons (Fsp3) is 0.571. The summed E-state index contributed by atoms with van der Waals surface area (Å²) in [5, 5.41) is 9.04. The summed E-state index contributed by atoms with van der Waals surface area (Å²) in [4.78, 5) is 19.9. The highest BCUT2D eigenvalue weighted by Crippen LogP contribution is 2.28. The summed E-state index contributed by atoms with van der Waals surface area (Å²) in [7, 11) is 0. The molecule has 1 aromatic rings. The van der Waals surface area contributed by atoms with E-state index in [0.717, 1.165) is 19.5 Å². The smallest absolute Gasteiger partial charge is 0.354 e. The molecule has 6 heteroatoms. The number of aromatic nitrogens is 1. The van der Waals surface area contributed by atoms with Gasteiger partial charge in [-0.1, -0.05) is 0 Å². The van der Waals surface area contributed by atoms with Crippen LogP contribution in [-0.2, 0) is 0 Å². The monoisotopic (exact) mass is 276 g/mol. The van der Waals surface area contributed by atoms with Crippen LogP contribution in [0.2, 0.25) is 0 Å². The summed E-state index contributed by atoms with van der Waals surface area (Å²) in [6, 6.07) is 3.64. The standard InChI is InChI=1S/C14H20N4O2/c15-11-3-4-12(14(19)20)16-13(11)18-8-5-10(9-18)17-6-1-2-7-17/h3-4,10H,1-2,5-9,15H2,(H,19,20). The van der Waals surface area contributed by atoms with Crippen LogP contribution in [0.5, 0.6) is 0 Å². The van der Waals surface area contributed by atoms with E-state index in [1.54, 1.807) is 6.07 Å². The van der Waals surface area contributed by atoms with E-state index in [0.29, 0.717) is 17.5 Å². The molecule has 6 nitrogen and oxygen atoms in total. The molecule has 3 heterocycles. The summed E-state index contributed by atoms with van der Waals surface area (Å²) in [5.41, 5.74) is 6.56. The van der Waals surface area contributed by atoms with Gasteiger partial charge in [-0.25, -0.2) is 9.78 Å². The summed E-state index contributed by atoms with van der Waals surface area (Å²) in [6.45, 7) is 4.13. The molecule has 1 aromatic heterocycles. The number of carboxylic acids is 1. The SMILES string of the molecule is Nc1ccc(C(=O)O)nc1N1CCC(N2CCCC2)C1. The maximum Gasteiger partial charge on any atom is 0.354 e. The van der Waals surface area contributed by atoms with Crippen molar-refractivity contribution in [1.82, 2.24) is 9.88 Å². The lowest BCUT2D eigenvalue weighted by Crippen LogP contribution is -2.35. The molecule has 0 spiro atoms. The van der Waals surface area contributed by atoms with Crippen molar-refractivity contribution in [2.75, 3.05) is 36.8 Å². The van der Waals surface area contributed by atoms with Crippen LogP contribution in [-0.4, -0.2) is 53.2 Å². The van der Waals surface area contributed by atoms with Crippen LogP contribution in [0.3, 0.4) is 0 Å². The van der Waals surface area contributed by atoms with E-state index >= 15 is 0 Å². The molecular formula is C14H20N4O2. The van der Waals surface area contributed by atoms with Crippen LogP contribution in [0, 0.1) is 0 Å². The molecule has 2 aliphatic rings. The third-order valence-corrected chi connectivity index (χ3v) is 4.24. The van der Waals surface area contributed by atoms with Crippen molar-refractivity contribution in [2.24, 2.45) is 0 Å². The van der Waals surface area contributed by atoms with Gasteiger partial charge in [0.05, 0.1) is 5.69 Å². The first-order valence-electron chi connectivity index (χ1n) is 7.14. The van der Waals surface area contributed by atoms with Crippen molar-refractivity contribution in [1.29, 1.82) is 0 Å². The normalized spacial score (nSPS) is 23.4. The highest BCUT2D eigenvalue weighted by atomic mass is 16.4. The molecule has 20 heavy (non-hydrogen) atoms. The van der Waals surface area contributed by atoms with Gasteiger partial charge in [-0.15, -0.1) is 0 Å². The van der Waals surface area contributed by atoms with E-state index in [2.05, 4.69) is 14.8 Å². The Morgan fingerprint density at radius 3 is 2.75 bits per heavy atom. The van der Waals surface area contributed by atoms with Crippen molar-refractivity contribution in [2.45, 2.75) is 25.3 Å². The van der Waals surface area contributed by atoms with Crippen LogP contribution in [0.1, 0.15) is 29.8 Å². The predicted octanol–water partition coefficient (Wildman–Crippen LogP) is 1.04. The van der Waals surface area contributed by atoms with Crippen molar-refractivity contribution < 1.29 is 9.90 Å². The number of pyridine rings is 1. The number of nitrogens with zero attached hydrogens (tertiary/aromatic N) is 3. The number of anilines is 2. The second kappa shape index (κ2) is 5.28. The Balaban J connectivity index is 1.76. The van der Waals surface area contributed by atoms with Crippen molar-refractivity contribution in [3.63, 3.8) is 0 Å². The lowest BCUT2D eigenvalue weighted by Gasteiger charge is -2.24. The number of aromatic carboxylic acids is 1. The Kier molecular flexibility index (Phi) is 3.48. The second-order valence-corrected chi connectivity index (χ2v) is 5.55. The first-order chi connectivity index (χ1) is 9.65. The average Bonchev–Trinajstić information content (AvgIpc) is 3.10. The summed E-state index contributed by atoms with van der Waals surface area (Å²) in [6.07, 6.45) is 3.66.